The van der Waals surface area contributed by atoms with E-state index in [4.69, 9.17) is 4.74 Å². The number of aliphatic imine (C=N–C) groups is 1. The second-order valence-corrected chi connectivity index (χ2v) is 6.81. The third kappa shape index (κ3) is 6.05. The lowest BCUT2D eigenvalue weighted by Crippen LogP contribution is -2.49. The highest BCUT2D eigenvalue weighted by Gasteiger charge is 2.20. The fraction of sp³-hybridized carbons (Fsp3) is 0.579. The Morgan fingerprint density at radius 2 is 2.08 bits per heavy atom. The lowest BCUT2D eigenvalue weighted by atomic mass is 9.88. The minimum atomic E-state index is -0.0190. The van der Waals surface area contributed by atoms with Crippen molar-refractivity contribution in [2.45, 2.75) is 38.3 Å². The Morgan fingerprint density at radius 1 is 1.36 bits per heavy atom. The third-order valence-electron chi connectivity index (χ3n) is 4.36. The number of amides is 1. The van der Waals surface area contributed by atoms with E-state index in [1.165, 1.54) is 11.1 Å². The molecule has 2 unspecified atom stereocenters. The van der Waals surface area contributed by atoms with E-state index in [-0.39, 0.29) is 18.5 Å². The molecule has 25 heavy (non-hydrogen) atoms. The number of likely N-dealkylation sites (N-methyl/N-ethyl adjacent to an activating group) is 1. The van der Waals surface area contributed by atoms with E-state index in [0.29, 0.717) is 18.6 Å². The first-order valence-corrected chi connectivity index (χ1v) is 8.83. The van der Waals surface area contributed by atoms with Crippen LogP contribution in [0.5, 0.6) is 0 Å². The van der Waals surface area contributed by atoms with Crippen LogP contribution >= 0.6 is 0 Å². The van der Waals surface area contributed by atoms with Gasteiger partial charge < -0.3 is 20.3 Å². The number of aryl methyl sites for hydroxylation is 1. The number of fused-ring (bicyclic) bond motifs is 1. The molecule has 1 aliphatic carbocycles. The summed E-state index contributed by atoms with van der Waals surface area (Å²) in [5, 5.41) is 6.82. The summed E-state index contributed by atoms with van der Waals surface area (Å²) in [7, 11) is 5.16. The van der Waals surface area contributed by atoms with Gasteiger partial charge in [0.1, 0.15) is 6.54 Å². The molecule has 1 aromatic carbocycles. The molecule has 1 aliphatic rings. The molecule has 6 nitrogen and oxygen atoms in total. The minimum Gasteiger partial charge on any atom is -0.383 e. The van der Waals surface area contributed by atoms with E-state index in [9.17, 15) is 4.79 Å². The predicted octanol–water partition coefficient (Wildman–Crippen LogP) is 1.20. The van der Waals surface area contributed by atoms with E-state index < -0.39 is 0 Å². The van der Waals surface area contributed by atoms with Crippen molar-refractivity contribution in [3.63, 3.8) is 0 Å². The Morgan fingerprint density at radius 3 is 2.76 bits per heavy atom. The molecular weight excluding hydrogens is 316 g/mol. The van der Waals surface area contributed by atoms with Gasteiger partial charge in [0.15, 0.2) is 5.96 Å². The summed E-state index contributed by atoms with van der Waals surface area (Å²) in [5.74, 6) is 0.651. The molecular formula is C19H30N4O2. The monoisotopic (exact) mass is 346 g/mol. The highest BCUT2D eigenvalue weighted by atomic mass is 16.5. The fourth-order valence-corrected chi connectivity index (χ4v) is 2.96. The predicted molar refractivity (Wildman–Crippen MR) is 101 cm³/mol. The second-order valence-electron chi connectivity index (χ2n) is 6.81. The van der Waals surface area contributed by atoms with Crippen LogP contribution in [0.1, 0.15) is 24.5 Å². The number of rotatable bonds is 6. The first-order valence-electron chi connectivity index (χ1n) is 8.83. The van der Waals surface area contributed by atoms with Crippen LogP contribution in [0.25, 0.3) is 0 Å². The maximum atomic E-state index is 11.9. The zero-order valence-electron chi connectivity index (χ0n) is 15.7. The van der Waals surface area contributed by atoms with Crippen LogP contribution in [0.15, 0.2) is 29.3 Å². The van der Waals surface area contributed by atoms with Crippen molar-refractivity contribution in [2.75, 3.05) is 34.4 Å². The van der Waals surface area contributed by atoms with Crippen molar-refractivity contribution in [3.05, 3.63) is 35.4 Å². The van der Waals surface area contributed by atoms with Gasteiger partial charge in [-0.25, -0.2) is 4.99 Å². The van der Waals surface area contributed by atoms with Crippen LogP contribution in [0.4, 0.5) is 0 Å². The van der Waals surface area contributed by atoms with Gasteiger partial charge in [0.05, 0.1) is 6.61 Å². The minimum absolute atomic E-state index is 0.0190. The van der Waals surface area contributed by atoms with Gasteiger partial charge in [-0.15, -0.1) is 0 Å². The molecule has 1 amide bonds. The molecule has 0 radical (unpaired) electrons. The summed E-state index contributed by atoms with van der Waals surface area (Å²) in [5.41, 5.74) is 2.82. The number of guanidine groups is 1. The Kier molecular flexibility index (Phi) is 7.25. The van der Waals surface area contributed by atoms with E-state index in [1.54, 1.807) is 26.1 Å². The molecule has 0 spiro atoms. The smallest absolute Gasteiger partial charge is 0.243 e. The van der Waals surface area contributed by atoms with Gasteiger partial charge in [-0.2, -0.15) is 0 Å². The third-order valence-corrected chi connectivity index (χ3v) is 4.36. The molecule has 0 aliphatic heterocycles. The van der Waals surface area contributed by atoms with Crippen molar-refractivity contribution in [1.82, 2.24) is 15.5 Å². The summed E-state index contributed by atoms with van der Waals surface area (Å²) >= 11 is 0. The second kappa shape index (κ2) is 9.42. The standard InChI is InChI=1S/C19H30N4O2/c1-14(13-25-4)21-19(20-12-18(24)23(2)3)22-17-10-9-15-7-5-6-8-16(15)11-17/h5-8,14,17H,9-13H2,1-4H3,(H2,20,21,22). The molecule has 2 N–H and O–H groups in total. The number of nitrogens with zero attached hydrogens (tertiary/aromatic N) is 2. The average molecular weight is 346 g/mol. The molecule has 0 aromatic heterocycles. The Hall–Kier alpha value is -2.08. The molecule has 6 heteroatoms. The van der Waals surface area contributed by atoms with Crippen molar-refractivity contribution < 1.29 is 9.53 Å². The highest BCUT2D eigenvalue weighted by molar-refractivity contribution is 5.85. The van der Waals surface area contributed by atoms with Gasteiger partial charge in [0, 0.05) is 33.3 Å². The van der Waals surface area contributed by atoms with Crippen molar-refractivity contribution in [3.8, 4) is 0 Å². The lowest BCUT2D eigenvalue weighted by molar-refractivity contribution is -0.127. The van der Waals surface area contributed by atoms with Crippen LogP contribution in [-0.4, -0.2) is 63.2 Å². The Labute approximate surface area is 150 Å². The van der Waals surface area contributed by atoms with E-state index >= 15 is 0 Å². The van der Waals surface area contributed by atoms with Gasteiger partial charge in [-0.3, -0.25) is 4.79 Å². The van der Waals surface area contributed by atoms with Crippen LogP contribution in [-0.2, 0) is 22.4 Å². The summed E-state index contributed by atoms with van der Waals surface area (Å²) < 4.78 is 5.18. The fourth-order valence-electron chi connectivity index (χ4n) is 2.96. The number of carbonyl (C=O) groups is 1. The number of ether oxygens (including phenoxy) is 1. The molecule has 0 heterocycles. The molecule has 0 fully saturated rings. The van der Waals surface area contributed by atoms with Gasteiger partial charge >= 0.3 is 0 Å². The largest absolute Gasteiger partial charge is 0.383 e. The number of methoxy groups -OCH3 is 1. The van der Waals surface area contributed by atoms with Gasteiger partial charge in [0.25, 0.3) is 0 Å². The summed E-state index contributed by atoms with van der Waals surface area (Å²) in [6, 6.07) is 9.00. The number of nitrogens with one attached hydrogen (secondary N) is 2. The van der Waals surface area contributed by atoms with E-state index in [2.05, 4.69) is 39.9 Å². The molecule has 0 saturated heterocycles. The lowest BCUT2D eigenvalue weighted by Gasteiger charge is -2.28. The molecule has 0 bridgehead atoms. The van der Waals surface area contributed by atoms with Crippen LogP contribution in [0, 0.1) is 0 Å². The number of hydrogen-bond donors (Lipinski definition) is 2. The molecule has 0 saturated carbocycles. The maximum Gasteiger partial charge on any atom is 0.243 e. The molecule has 2 rings (SSSR count). The van der Waals surface area contributed by atoms with E-state index in [0.717, 1.165) is 19.3 Å². The molecule has 1 aromatic rings. The number of hydrogen-bond acceptors (Lipinski definition) is 3. The highest BCUT2D eigenvalue weighted by Crippen LogP contribution is 2.20. The van der Waals surface area contributed by atoms with Gasteiger partial charge in [-0.05, 0) is 37.3 Å². The first kappa shape index (κ1) is 19.2. The summed E-state index contributed by atoms with van der Waals surface area (Å²) in [6.45, 7) is 2.74. The summed E-state index contributed by atoms with van der Waals surface area (Å²) in [6.07, 6.45) is 3.08. The van der Waals surface area contributed by atoms with E-state index in [1.807, 2.05) is 6.92 Å². The molecule has 2 atom stereocenters. The zero-order valence-corrected chi connectivity index (χ0v) is 15.7. The SMILES string of the molecule is COCC(C)NC(=NCC(=O)N(C)C)NC1CCc2ccccc2C1. The van der Waals surface area contributed by atoms with Crippen LogP contribution < -0.4 is 10.6 Å². The Balaban J connectivity index is 2.02. The van der Waals surface area contributed by atoms with Gasteiger partial charge in [0.2, 0.25) is 5.91 Å². The quantitative estimate of drug-likeness (QED) is 0.600. The first-order chi connectivity index (χ1) is 12.0. The Bertz CT molecular complexity index is 601. The van der Waals surface area contributed by atoms with Crippen molar-refractivity contribution in [1.29, 1.82) is 0 Å². The summed E-state index contributed by atoms with van der Waals surface area (Å²) in [4.78, 5) is 17.9. The van der Waals surface area contributed by atoms with Crippen molar-refractivity contribution >= 4 is 11.9 Å². The number of benzene rings is 1. The normalized spacial score (nSPS) is 18.2. The maximum absolute atomic E-state index is 11.9. The average Bonchev–Trinajstić information content (AvgIpc) is 2.59. The molecule has 138 valence electrons. The zero-order chi connectivity index (χ0) is 18.2. The van der Waals surface area contributed by atoms with Crippen LogP contribution in [0.3, 0.4) is 0 Å². The topological polar surface area (TPSA) is 66.0 Å². The van der Waals surface area contributed by atoms with Crippen LogP contribution in [0.2, 0.25) is 0 Å². The number of carbonyl (C=O) groups excluding carboxylic acids is 1. The van der Waals surface area contributed by atoms with Gasteiger partial charge in [-0.1, -0.05) is 24.3 Å². The van der Waals surface area contributed by atoms with Crippen molar-refractivity contribution in [2.24, 2.45) is 4.99 Å².